The molecule has 1 fully saturated rings. The maximum Gasteiger partial charge on any atom is 0.120 e. The Morgan fingerprint density at radius 2 is 2.36 bits per heavy atom. The van der Waals surface area contributed by atoms with Gasteiger partial charge in [-0.1, -0.05) is 12.8 Å². The van der Waals surface area contributed by atoms with Crippen LogP contribution in [0.4, 0.5) is 0 Å². The predicted molar refractivity (Wildman–Crippen MR) is 57.1 cm³/mol. The number of aryl methyl sites for hydroxylation is 1. The first-order chi connectivity index (χ1) is 6.86. The van der Waals surface area contributed by atoms with Crippen molar-refractivity contribution < 1.29 is 4.42 Å². The number of hydrogen-bond donors (Lipinski definition) is 1. The van der Waals surface area contributed by atoms with Crippen LogP contribution in [0.3, 0.4) is 0 Å². The van der Waals surface area contributed by atoms with E-state index in [1.165, 1.54) is 31.2 Å². The molecule has 1 saturated carbocycles. The second-order valence-corrected chi connectivity index (χ2v) is 4.29. The first kappa shape index (κ1) is 9.78. The number of furan rings is 1. The molecule has 0 unspecified atom stereocenters. The molecule has 2 rings (SSSR count). The smallest absolute Gasteiger partial charge is 0.120 e. The summed E-state index contributed by atoms with van der Waals surface area (Å²) in [4.78, 5) is 0. The van der Waals surface area contributed by atoms with Crippen LogP contribution in [-0.2, 0) is 6.54 Å². The summed E-state index contributed by atoms with van der Waals surface area (Å²) in [5, 5.41) is 3.42. The normalized spacial score (nSPS) is 16.1. The van der Waals surface area contributed by atoms with E-state index >= 15 is 0 Å². The summed E-state index contributed by atoms with van der Waals surface area (Å²) in [6.07, 6.45) is 7.42. The molecule has 1 N–H and O–H groups in total. The molecule has 0 saturated heterocycles. The molecule has 0 aliphatic heterocycles. The zero-order valence-corrected chi connectivity index (χ0v) is 8.88. The molecule has 1 aliphatic carbocycles. The monoisotopic (exact) mass is 193 g/mol. The van der Waals surface area contributed by atoms with Crippen LogP contribution in [0.1, 0.15) is 37.0 Å². The molecular weight excluding hydrogens is 174 g/mol. The van der Waals surface area contributed by atoms with E-state index < -0.39 is 0 Å². The van der Waals surface area contributed by atoms with Crippen LogP contribution in [0.2, 0.25) is 0 Å². The van der Waals surface area contributed by atoms with Gasteiger partial charge in [-0.05, 0) is 43.9 Å². The summed E-state index contributed by atoms with van der Waals surface area (Å²) in [5.74, 6) is 2.14. The Morgan fingerprint density at radius 3 is 3.00 bits per heavy atom. The van der Waals surface area contributed by atoms with Gasteiger partial charge in [0.2, 0.25) is 0 Å². The molecule has 1 aromatic rings. The summed E-state index contributed by atoms with van der Waals surface area (Å²) >= 11 is 0. The average Bonchev–Trinajstić information content (AvgIpc) is 2.91. The lowest BCUT2D eigenvalue weighted by Crippen LogP contribution is -2.14. The lowest BCUT2D eigenvalue weighted by molar-refractivity contribution is 0.474. The minimum absolute atomic E-state index is 0.878. The maximum atomic E-state index is 5.34. The van der Waals surface area contributed by atoms with Crippen molar-refractivity contribution in [2.45, 2.75) is 39.2 Å². The zero-order valence-electron chi connectivity index (χ0n) is 8.88. The van der Waals surface area contributed by atoms with Gasteiger partial charge in [0.05, 0.1) is 12.8 Å². The second kappa shape index (κ2) is 4.65. The van der Waals surface area contributed by atoms with E-state index in [1.807, 2.05) is 6.07 Å². The first-order valence-corrected chi connectivity index (χ1v) is 5.60. The SMILES string of the molecule is Cc1ccoc1CNCCCC1CC1. The Balaban J connectivity index is 1.56. The Kier molecular flexibility index (Phi) is 3.25. The van der Waals surface area contributed by atoms with E-state index in [0.717, 1.165) is 24.8 Å². The van der Waals surface area contributed by atoms with Crippen molar-refractivity contribution >= 4 is 0 Å². The highest BCUT2D eigenvalue weighted by Crippen LogP contribution is 2.33. The van der Waals surface area contributed by atoms with Crippen molar-refractivity contribution in [2.24, 2.45) is 5.92 Å². The Labute approximate surface area is 85.7 Å². The highest BCUT2D eigenvalue weighted by Gasteiger charge is 2.19. The molecule has 0 spiro atoms. The standard InChI is InChI=1S/C12H19NO/c1-10-6-8-14-12(10)9-13-7-2-3-11-4-5-11/h6,8,11,13H,2-5,7,9H2,1H3. The summed E-state index contributed by atoms with van der Waals surface area (Å²) in [7, 11) is 0. The zero-order chi connectivity index (χ0) is 9.80. The highest BCUT2D eigenvalue weighted by atomic mass is 16.3. The third-order valence-electron chi connectivity index (χ3n) is 2.92. The van der Waals surface area contributed by atoms with E-state index in [1.54, 1.807) is 6.26 Å². The van der Waals surface area contributed by atoms with Crippen molar-refractivity contribution in [1.82, 2.24) is 5.32 Å². The molecule has 14 heavy (non-hydrogen) atoms. The summed E-state index contributed by atoms with van der Waals surface area (Å²) in [6, 6.07) is 2.02. The minimum atomic E-state index is 0.878. The van der Waals surface area contributed by atoms with Gasteiger partial charge in [-0.25, -0.2) is 0 Å². The Hall–Kier alpha value is -0.760. The van der Waals surface area contributed by atoms with E-state index in [0.29, 0.717) is 0 Å². The van der Waals surface area contributed by atoms with E-state index in [-0.39, 0.29) is 0 Å². The third kappa shape index (κ3) is 2.88. The largest absolute Gasteiger partial charge is 0.468 e. The maximum absolute atomic E-state index is 5.34. The number of nitrogens with one attached hydrogen (secondary N) is 1. The Morgan fingerprint density at radius 1 is 1.50 bits per heavy atom. The first-order valence-electron chi connectivity index (χ1n) is 5.60. The van der Waals surface area contributed by atoms with Gasteiger partial charge in [0.1, 0.15) is 5.76 Å². The highest BCUT2D eigenvalue weighted by molar-refractivity contribution is 5.13. The molecule has 1 aliphatic rings. The van der Waals surface area contributed by atoms with Gasteiger partial charge in [-0.2, -0.15) is 0 Å². The van der Waals surface area contributed by atoms with E-state index in [2.05, 4.69) is 12.2 Å². The van der Waals surface area contributed by atoms with Gasteiger partial charge in [-0.3, -0.25) is 0 Å². The predicted octanol–water partition coefficient (Wildman–Crippen LogP) is 2.87. The third-order valence-corrected chi connectivity index (χ3v) is 2.92. The van der Waals surface area contributed by atoms with Crippen molar-refractivity contribution in [2.75, 3.05) is 6.54 Å². The number of hydrogen-bond acceptors (Lipinski definition) is 2. The molecule has 2 nitrogen and oxygen atoms in total. The quantitative estimate of drug-likeness (QED) is 0.703. The van der Waals surface area contributed by atoms with Crippen LogP contribution in [0.25, 0.3) is 0 Å². The molecule has 0 radical (unpaired) electrons. The lowest BCUT2D eigenvalue weighted by Gasteiger charge is -2.02. The fraction of sp³-hybridized carbons (Fsp3) is 0.667. The fourth-order valence-corrected chi connectivity index (χ4v) is 1.71. The van der Waals surface area contributed by atoms with Crippen LogP contribution in [0.15, 0.2) is 16.7 Å². The number of rotatable bonds is 6. The summed E-state index contributed by atoms with van der Waals surface area (Å²) in [5.41, 5.74) is 1.25. The molecular formula is C12H19NO. The molecule has 0 amide bonds. The fourth-order valence-electron chi connectivity index (χ4n) is 1.71. The molecule has 2 heteroatoms. The van der Waals surface area contributed by atoms with Gasteiger partial charge < -0.3 is 9.73 Å². The van der Waals surface area contributed by atoms with Gasteiger partial charge >= 0.3 is 0 Å². The molecule has 1 heterocycles. The molecule has 1 aromatic heterocycles. The van der Waals surface area contributed by atoms with E-state index in [4.69, 9.17) is 4.42 Å². The topological polar surface area (TPSA) is 25.2 Å². The van der Waals surface area contributed by atoms with Gasteiger partial charge in [-0.15, -0.1) is 0 Å². The average molecular weight is 193 g/mol. The molecule has 0 bridgehead atoms. The Bertz CT molecular complexity index is 276. The van der Waals surface area contributed by atoms with Crippen LogP contribution in [0.5, 0.6) is 0 Å². The van der Waals surface area contributed by atoms with Crippen LogP contribution < -0.4 is 5.32 Å². The van der Waals surface area contributed by atoms with Gasteiger partial charge in [0.15, 0.2) is 0 Å². The van der Waals surface area contributed by atoms with E-state index in [9.17, 15) is 0 Å². The minimum Gasteiger partial charge on any atom is -0.468 e. The van der Waals surface area contributed by atoms with Crippen molar-refractivity contribution in [3.05, 3.63) is 23.7 Å². The van der Waals surface area contributed by atoms with Crippen molar-refractivity contribution in [3.8, 4) is 0 Å². The molecule has 78 valence electrons. The van der Waals surface area contributed by atoms with Crippen molar-refractivity contribution in [3.63, 3.8) is 0 Å². The lowest BCUT2D eigenvalue weighted by atomic mass is 10.2. The summed E-state index contributed by atoms with van der Waals surface area (Å²) < 4.78 is 5.34. The molecule has 0 atom stereocenters. The van der Waals surface area contributed by atoms with Gasteiger partial charge in [0.25, 0.3) is 0 Å². The van der Waals surface area contributed by atoms with Crippen LogP contribution >= 0.6 is 0 Å². The summed E-state index contributed by atoms with van der Waals surface area (Å²) in [6.45, 7) is 4.09. The molecule has 0 aromatic carbocycles. The van der Waals surface area contributed by atoms with Crippen molar-refractivity contribution in [1.29, 1.82) is 0 Å². The second-order valence-electron chi connectivity index (χ2n) is 4.29. The van der Waals surface area contributed by atoms with Crippen LogP contribution in [-0.4, -0.2) is 6.54 Å². The van der Waals surface area contributed by atoms with Gasteiger partial charge in [0, 0.05) is 0 Å². The van der Waals surface area contributed by atoms with Crippen LogP contribution in [0, 0.1) is 12.8 Å².